The fourth-order valence-corrected chi connectivity index (χ4v) is 3.23. The Morgan fingerprint density at radius 2 is 1.57 bits per heavy atom. The molecule has 6 heteroatoms. The van der Waals surface area contributed by atoms with E-state index in [1.54, 1.807) is 19.1 Å². The molecule has 1 amide bonds. The number of hydrogen-bond donors (Lipinski definition) is 0. The summed E-state index contributed by atoms with van der Waals surface area (Å²) in [5.41, 5.74) is 0.756. The van der Waals surface area contributed by atoms with Crippen molar-refractivity contribution < 1.29 is 23.0 Å². The number of alkyl halides is 2. The Morgan fingerprint density at radius 3 is 1.91 bits per heavy atom. The second-order valence-electron chi connectivity index (χ2n) is 6.22. The minimum atomic E-state index is -2.57. The number of fused-ring (bicyclic) bond motifs is 1. The lowest BCUT2D eigenvalue weighted by molar-refractivity contribution is -0.143. The van der Waals surface area contributed by atoms with E-state index in [1.165, 1.54) is 0 Å². The first-order chi connectivity index (χ1) is 11.0. The molecule has 1 fully saturated rings. The van der Waals surface area contributed by atoms with Gasteiger partial charge in [-0.2, -0.15) is 0 Å². The average molecular weight is 325 g/mol. The van der Waals surface area contributed by atoms with Gasteiger partial charge < -0.3 is 14.4 Å². The largest absolute Gasteiger partial charge is 0.493 e. The molecule has 0 unspecified atom stereocenters. The summed E-state index contributed by atoms with van der Waals surface area (Å²) in [5.74, 6) is 0.911. The summed E-state index contributed by atoms with van der Waals surface area (Å²) in [5, 5.41) is 0. The van der Waals surface area contributed by atoms with Gasteiger partial charge in [0.1, 0.15) is 5.41 Å². The van der Waals surface area contributed by atoms with E-state index in [-0.39, 0.29) is 5.91 Å². The maximum Gasteiger partial charge on any atom is 0.252 e. The van der Waals surface area contributed by atoms with Crippen molar-refractivity contribution in [1.82, 2.24) is 4.90 Å². The third-order valence-corrected chi connectivity index (χ3v) is 4.93. The number of rotatable bonds is 4. The van der Waals surface area contributed by atoms with E-state index in [0.717, 1.165) is 11.1 Å². The van der Waals surface area contributed by atoms with Crippen LogP contribution in [0.4, 0.5) is 8.78 Å². The molecule has 0 atom stereocenters. The van der Waals surface area contributed by atoms with Gasteiger partial charge in [0.2, 0.25) is 5.91 Å². The number of benzene rings is 1. The molecule has 0 radical (unpaired) electrons. The van der Waals surface area contributed by atoms with E-state index in [2.05, 4.69) is 0 Å². The zero-order valence-corrected chi connectivity index (χ0v) is 13.4. The third-order valence-electron chi connectivity index (χ3n) is 4.93. The van der Waals surface area contributed by atoms with E-state index in [9.17, 15) is 13.6 Å². The average Bonchev–Trinajstić information content (AvgIpc) is 3.37. The molecule has 0 saturated heterocycles. The van der Waals surface area contributed by atoms with E-state index >= 15 is 0 Å². The lowest BCUT2D eigenvalue weighted by atomic mass is 10.0. The number of carbonyl (C=O) groups excluding carboxylic acids is 1. The van der Waals surface area contributed by atoms with Gasteiger partial charge in [0, 0.05) is 13.1 Å². The molecule has 0 bridgehead atoms. The van der Waals surface area contributed by atoms with Crippen molar-refractivity contribution in [1.29, 1.82) is 0 Å². The molecule has 0 spiro atoms. The Balaban J connectivity index is 1.79. The maximum atomic E-state index is 13.2. The molecule has 1 aromatic carbocycles. The van der Waals surface area contributed by atoms with E-state index < -0.39 is 11.8 Å². The summed E-state index contributed by atoms with van der Waals surface area (Å²) in [6.07, 6.45) is -0.689. The predicted molar refractivity (Wildman–Crippen MR) is 81.2 cm³/mol. The quantitative estimate of drug-likeness (QED) is 0.854. The highest BCUT2D eigenvalue weighted by molar-refractivity contribution is 5.86. The smallest absolute Gasteiger partial charge is 0.252 e. The number of carbonyl (C=O) groups is 1. The first-order valence-corrected chi connectivity index (χ1v) is 7.83. The van der Waals surface area contributed by atoms with Gasteiger partial charge in [0.15, 0.2) is 11.5 Å². The zero-order chi connectivity index (χ0) is 16.6. The van der Waals surface area contributed by atoms with Gasteiger partial charge >= 0.3 is 0 Å². The number of methoxy groups -OCH3 is 2. The molecule has 1 aromatic rings. The standard InChI is InChI=1S/C17H21F2NO3/c1-22-13-9-11-3-7-20(8-4-12(11)10-14(13)23-2)16(21)17(5-6-17)15(18)19/h9-10,15H,3-8H2,1-2H3. The van der Waals surface area contributed by atoms with Crippen molar-refractivity contribution in [2.75, 3.05) is 27.3 Å². The summed E-state index contributed by atoms with van der Waals surface area (Å²) in [7, 11) is 3.16. The van der Waals surface area contributed by atoms with Crippen molar-refractivity contribution in [3.05, 3.63) is 23.3 Å². The molecule has 2 aliphatic rings. The van der Waals surface area contributed by atoms with Crippen molar-refractivity contribution in [2.45, 2.75) is 32.1 Å². The fourth-order valence-electron chi connectivity index (χ4n) is 3.23. The molecule has 3 rings (SSSR count). The van der Waals surface area contributed by atoms with Gasteiger partial charge in [0.25, 0.3) is 6.43 Å². The molecule has 23 heavy (non-hydrogen) atoms. The number of hydrogen-bond acceptors (Lipinski definition) is 3. The number of ether oxygens (including phenoxy) is 2. The lowest BCUT2D eigenvalue weighted by Gasteiger charge is -2.25. The van der Waals surface area contributed by atoms with Crippen LogP contribution in [0, 0.1) is 5.41 Å². The van der Waals surface area contributed by atoms with Crippen LogP contribution in [-0.2, 0) is 17.6 Å². The highest BCUT2D eigenvalue weighted by Gasteiger charge is 2.58. The minimum Gasteiger partial charge on any atom is -0.493 e. The van der Waals surface area contributed by atoms with Gasteiger partial charge in [-0.05, 0) is 48.9 Å². The van der Waals surface area contributed by atoms with E-state index in [4.69, 9.17) is 9.47 Å². The van der Waals surface area contributed by atoms with Crippen LogP contribution in [0.15, 0.2) is 12.1 Å². The van der Waals surface area contributed by atoms with Crippen molar-refractivity contribution >= 4 is 5.91 Å². The molecule has 0 aromatic heterocycles. The van der Waals surface area contributed by atoms with Gasteiger partial charge in [-0.3, -0.25) is 4.79 Å². The zero-order valence-electron chi connectivity index (χ0n) is 13.4. The molecule has 1 aliphatic heterocycles. The number of halogens is 2. The number of nitrogens with zero attached hydrogens (tertiary/aromatic N) is 1. The summed E-state index contributed by atoms with van der Waals surface area (Å²) in [4.78, 5) is 14.1. The Morgan fingerprint density at radius 1 is 1.09 bits per heavy atom. The highest BCUT2D eigenvalue weighted by Crippen LogP contribution is 2.52. The van der Waals surface area contributed by atoms with Crippen molar-refractivity contribution in [3.8, 4) is 11.5 Å². The van der Waals surface area contributed by atoms with Gasteiger partial charge in [-0.1, -0.05) is 0 Å². The molecule has 1 heterocycles. The predicted octanol–water partition coefficient (Wildman–Crippen LogP) is 2.68. The normalized spacial score (nSPS) is 19.1. The van der Waals surface area contributed by atoms with Crippen LogP contribution in [0.1, 0.15) is 24.0 Å². The second-order valence-corrected chi connectivity index (χ2v) is 6.22. The van der Waals surface area contributed by atoms with E-state index in [1.807, 2.05) is 12.1 Å². The van der Waals surface area contributed by atoms with E-state index in [0.29, 0.717) is 50.3 Å². The van der Waals surface area contributed by atoms with Gasteiger partial charge in [-0.25, -0.2) is 8.78 Å². The third kappa shape index (κ3) is 2.75. The van der Waals surface area contributed by atoms with Crippen molar-refractivity contribution in [3.63, 3.8) is 0 Å². The van der Waals surface area contributed by atoms with Crippen LogP contribution in [-0.4, -0.2) is 44.5 Å². The fraction of sp³-hybridized carbons (Fsp3) is 0.588. The topological polar surface area (TPSA) is 38.8 Å². The van der Waals surface area contributed by atoms with Crippen molar-refractivity contribution in [2.24, 2.45) is 5.41 Å². The second kappa shape index (κ2) is 5.98. The first kappa shape index (κ1) is 16.0. The summed E-state index contributed by atoms with van der Waals surface area (Å²) < 4.78 is 36.9. The Bertz CT molecular complexity index is 579. The molecule has 4 nitrogen and oxygen atoms in total. The molecule has 126 valence electrons. The summed E-state index contributed by atoms with van der Waals surface area (Å²) >= 11 is 0. The SMILES string of the molecule is COc1cc2c(cc1OC)CCN(C(=O)C1(C(F)F)CC1)CC2. The number of amides is 1. The van der Waals surface area contributed by atoms with Gasteiger partial charge in [-0.15, -0.1) is 0 Å². The molecular formula is C17H21F2NO3. The van der Waals surface area contributed by atoms with Crippen LogP contribution < -0.4 is 9.47 Å². The molecule has 1 saturated carbocycles. The Hall–Kier alpha value is -1.85. The molecule has 1 aliphatic carbocycles. The van der Waals surface area contributed by atoms with Crippen LogP contribution in [0.3, 0.4) is 0 Å². The monoisotopic (exact) mass is 325 g/mol. The highest BCUT2D eigenvalue weighted by atomic mass is 19.3. The summed E-state index contributed by atoms with van der Waals surface area (Å²) in [6.45, 7) is 0.936. The molecule has 0 N–H and O–H groups in total. The van der Waals surface area contributed by atoms with Gasteiger partial charge in [0.05, 0.1) is 14.2 Å². The van der Waals surface area contributed by atoms with Crippen LogP contribution in [0.5, 0.6) is 11.5 Å². The van der Waals surface area contributed by atoms with Crippen LogP contribution in [0.2, 0.25) is 0 Å². The first-order valence-electron chi connectivity index (χ1n) is 7.83. The van der Waals surface area contributed by atoms with Crippen LogP contribution in [0.25, 0.3) is 0 Å². The Kier molecular flexibility index (Phi) is 4.17. The summed E-state index contributed by atoms with van der Waals surface area (Å²) in [6, 6.07) is 3.84. The maximum absolute atomic E-state index is 13.2. The minimum absolute atomic E-state index is 0.300. The Labute approximate surface area is 134 Å². The van der Waals surface area contributed by atoms with Crippen LogP contribution >= 0.6 is 0 Å². The lowest BCUT2D eigenvalue weighted by Crippen LogP contribution is -2.41. The molecular weight excluding hydrogens is 304 g/mol.